The normalized spacial score (nSPS) is 20.6. The summed E-state index contributed by atoms with van der Waals surface area (Å²) in [5.74, 6) is 1.57. The fourth-order valence-electron chi connectivity index (χ4n) is 3.53. The van der Waals surface area contributed by atoms with Crippen LogP contribution in [0.1, 0.15) is 66.6 Å². The number of carbonyl (C=O) groups excluding carboxylic acids is 1. The second-order valence-electron chi connectivity index (χ2n) is 7.06. The van der Waals surface area contributed by atoms with Gasteiger partial charge in [-0.3, -0.25) is 9.69 Å². The van der Waals surface area contributed by atoms with Crippen LogP contribution in [0.25, 0.3) is 0 Å². The summed E-state index contributed by atoms with van der Waals surface area (Å²) in [6, 6.07) is 2.61. The SMILES string of the molecule is Cc1occc1C(=O)NC1CCN([C@H](C)c2nnnn2C2CC2)CC1. The van der Waals surface area contributed by atoms with Crippen molar-refractivity contribution in [3.8, 4) is 0 Å². The van der Waals surface area contributed by atoms with Gasteiger partial charge < -0.3 is 9.73 Å². The van der Waals surface area contributed by atoms with Gasteiger partial charge in [0.2, 0.25) is 0 Å². The third-order valence-electron chi connectivity index (χ3n) is 5.30. The summed E-state index contributed by atoms with van der Waals surface area (Å²) in [7, 11) is 0. The van der Waals surface area contributed by atoms with Crippen molar-refractivity contribution in [1.82, 2.24) is 30.4 Å². The number of hydrogen-bond acceptors (Lipinski definition) is 6. The van der Waals surface area contributed by atoms with Crippen molar-refractivity contribution in [2.45, 2.75) is 57.7 Å². The molecule has 0 radical (unpaired) electrons. The molecule has 0 aromatic carbocycles. The van der Waals surface area contributed by atoms with Crippen molar-refractivity contribution in [2.24, 2.45) is 0 Å². The standard InChI is InChI=1S/C17H24N6O2/c1-11(16-19-20-21-23(16)14-3-4-14)22-8-5-13(6-9-22)18-17(24)15-7-10-25-12(15)2/h7,10-11,13-14H,3-6,8-9H2,1-2H3,(H,18,24)/t11-/m1/s1. The van der Waals surface area contributed by atoms with Crippen LogP contribution in [-0.2, 0) is 0 Å². The molecule has 1 aliphatic carbocycles. The van der Waals surface area contributed by atoms with E-state index in [1.54, 1.807) is 12.3 Å². The van der Waals surface area contributed by atoms with E-state index in [0.717, 1.165) is 31.8 Å². The molecule has 0 spiro atoms. The Hall–Kier alpha value is -2.22. The molecule has 1 saturated heterocycles. The van der Waals surface area contributed by atoms with E-state index in [2.05, 4.69) is 32.7 Å². The van der Waals surface area contributed by atoms with Crippen LogP contribution in [0, 0.1) is 6.92 Å². The maximum Gasteiger partial charge on any atom is 0.255 e. The Morgan fingerprint density at radius 1 is 1.32 bits per heavy atom. The van der Waals surface area contributed by atoms with Crippen LogP contribution in [0.2, 0.25) is 0 Å². The Bertz CT molecular complexity index is 742. The van der Waals surface area contributed by atoms with E-state index in [9.17, 15) is 4.79 Å². The average Bonchev–Trinajstić information content (AvgIpc) is 3.17. The van der Waals surface area contributed by atoms with E-state index < -0.39 is 0 Å². The first-order valence-electron chi connectivity index (χ1n) is 9.00. The van der Waals surface area contributed by atoms with Gasteiger partial charge in [0, 0.05) is 19.1 Å². The molecule has 4 rings (SSSR count). The number of aromatic nitrogens is 4. The Kier molecular flexibility index (Phi) is 4.29. The molecule has 8 nitrogen and oxygen atoms in total. The van der Waals surface area contributed by atoms with Gasteiger partial charge in [0.1, 0.15) is 5.76 Å². The van der Waals surface area contributed by atoms with Crippen molar-refractivity contribution < 1.29 is 9.21 Å². The lowest BCUT2D eigenvalue weighted by atomic mass is 10.0. The van der Waals surface area contributed by atoms with E-state index >= 15 is 0 Å². The molecule has 1 atom stereocenters. The molecule has 1 N–H and O–H groups in total. The van der Waals surface area contributed by atoms with Gasteiger partial charge in [-0.15, -0.1) is 5.10 Å². The number of carbonyl (C=O) groups is 1. The minimum atomic E-state index is -0.0459. The maximum atomic E-state index is 12.3. The molecule has 2 aromatic heterocycles. The number of nitrogens with one attached hydrogen (secondary N) is 1. The van der Waals surface area contributed by atoms with Gasteiger partial charge in [-0.25, -0.2) is 4.68 Å². The molecule has 3 heterocycles. The second kappa shape index (κ2) is 6.59. The molecule has 1 amide bonds. The number of rotatable bonds is 5. The van der Waals surface area contributed by atoms with Gasteiger partial charge in [-0.2, -0.15) is 0 Å². The molecule has 1 saturated carbocycles. The van der Waals surface area contributed by atoms with Crippen LogP contribution in [0.15, 0.2) is 16.7 Å². The van der Waals surface area contributed by atoms with Crippen LogP contribution >= 0.6 is 0 Å². The first-order chi connectivity index (χ1) is 12.1. The molecule has 1 aliphatic heterocycles. The summed E-state index contributed by atoms with van der Waals surface area (Å²) < 4.78 is 7.20. The highest BCUT2D eigenvalue weighted by atomic mass is 16.3. The molecular weight excluding hydrogens is 320 g/mol. The number of amides is 1. The highest BCUT2D eigenvalue weighted by molar-refractivity contribution is 5.95. The zero-order chi connectivity index (χ0) is 17.4. The minimum absolute atomic E-state index is 0.0459. The van der Waals surface area contributed by atoms with Gasteiger partial charge in [0.15, 0.2) is 5.82 Å². The summed E-state index contributed by atoms with van der Waals surface area (Å²) in [5.41, 5.74) is 0.624. The van der Waals surface area contributed by atoms with E-state index in [4.69, 9.17) is 4.42 Å². The Morgan fingerprint density at radius 3 is 2.72 bits per heavy atom. The monoisotopic (exact) mass is 344 g/mol. The predicted octanol–water partition coefficient (Wildman–Crippen LogP) is 1.86. The van der Waals surface area contributed by atoms with E-state index in [1.807, 2.05) is 11.6 Å². The summed E-state index contributed by atoms with van der Waals surface area (Å²) in [6.07, 6.45) is 5.76. The first-order valence-corrected chi connectivity index (χ1v) is 9.00. The summed E-state index contributed by atoms with van der Waals surface area (Å²) in [6.45, 7) is 5.82. The van der Waals surface area contributed by atoms with Crippen LogP contribution in [0.3, 0.4) is 0 Å². The minimum Gasteiger partial charge on any atom is -0.469 e. The van der Waals surface area contributed by atoms with Gasteiger partial charge in [0.05, 0.1) is 23.9 Å². The fraction of sp³-hybridized carbons (Fsp3) is 0.647. The number of nitrogens with zero attached hydrogens (tertiary/aromatic N) is 5. The number of piperidine rings is 1. The summed E-state index contributed by atoms with van der Waals surface area (Å²) in [4.78, 5) is 14.7. The lowest BCUT2D eigenvalue weighted by Crippen LogP contribution is -2.45. The Balaban J connectivity index is 1.33. The van der Waals surface area contributed by atoms with Crippen molar-refractivity contribution in [3.63, 3.8) is 0 Å². The first kappa shape index (κ1) is 16.3. The molecule has 134 valence electrons. The van der Waals surface area contributed by atoms with Crippen molar-refractivity contribution in [2.75, 3.05) is 13.1 Å². The number of aryl methyl sites for hydroxylation is 1. The molecule has 0 bridgehead atoms. The van der Waals surface area contributed by atoms with E-state index in [-0.39, 0.29) is 18.0 Å². The summed E-state index contributed by atoms with van der Waals surface area (Å²) >= 11 is 0. The highest BCUT2D eigenvalue weighted by Gasteiger charge is 2.32. The molecule has 2 aromatic rings. The fourth-order valence-corrected chi connectivity index (χ4v) is 3.53. The van der Waals surface area contributed by atoms with Crippen molar-refractivity contribution in [1.29, 1.82) is 0 Å². The molecule has 2 fully saturated rings. The molecular formula is C17H24N6O2. The van der Waals surface area contributed by atoms with Crippen LogP contribution in [-0.4, -0.2) is 50.1 Å². The van der Waals surface area contributed by atoms with Gasteiger partial charge in [0.25, 0.3) is 5.91 Å². The van der Waals surface area contributed by atoms with Gasteiger partial charge >= 0.3 is 0 Å². The van der Waals surface area contributed by atoms with Crippen molar-refractivity contribution in [3.05, 3.63) is 29.5 Å². The largest absolute Gasteiger partial charge is 0.469 e. The third-order valence-corrected chi connectivity index (χ3v) is 5.30. The average molecular weight is 344 g/mol. The van der Waals surface area contributed by atoms with Crippen LogP contribution < -0.4 is 5.32 Å². The third kappa shape index (κ3) is 3.30. The molecule has 0 unspecified atom stereocenters. The predicted molar refractivity (Wildman–Crippen MR) is 90.0 cm³/mol. The molecule has 2 aliphatic rings. The van der Waals surface area contributed by atoms with Gasteiger partial charge in [-0.1, -0.05) is 0 Å². The number of furan rings is 1. The van der Waals surface area contributed by atoms with Crippen molar-refractivity contribution >= 4 is 5.91 Å². The number of tetrazole rings is 1. The number of hydrogen-bond donors (Lipinski definition) is 1. The van der Waals surface area contributed by atoms with Crippen LogP contribution in [0.5, 0.6) is 0 Å². The highest BCUT2D eigenvalue weighted by Crippen LogP contribution is 2.36. The maximum absolute atomic E-state index is 12.3. The van der Waals surface area contributed by atoms with Gasteiger partial charge in [-0.05, 0) is 56.0 Å². The number of likely N-dealkylation sites (tertiary alicyclic amines) is 1. The Morgan fingerprint density at radius 2 is 2.08 bits per heavy atom. The van der Waals surface area contributed by atoms with Crippen LogP contribution in [0.4, 0.5) is 0 Å². The van der Waals surface area contributed by atoms with E-state index in [1.165, 1.54) is 12.8 Å². The zero-order valence-electron chi connectivity index (χ0n) is 14.7. The quantitative estimate of drug-likeness (QED) is 0.890. The molecule has 25 heavy (non-hydrogen) atoms. The topological polar surface area (TPSA) is 89.1 Å². The lowest BCUT2D eigenvalue weighted by molar-refractivity contribution is 0.0890. The second-order valence-corrected chi connectivity index (χ2v) is 7.06. The summed E-state index contributed by atoms with van der Waals surface area (Å²) in [5, 5.41) is 15.4. The lowest BCUT2D eigenvalue weighted by Gasteiger charge is -2.35. The molecule has 8 heteroatoms. The smallest absolute Gasteiger partial charge is 0.255 e. The van der Waals surface area contributed by atoms with E-state index in [0.29, 0.717) is 17.4 Å². The Labute approximate surface area is 146 Å². The zero-order valence-corrected chi connectivity index (χ0v) is 14.7.